The van der Waals surface area contributed by atoms with E-state index in [4.69, 9.17) is 28.9 Å². The van der Waals surface area contributed by atoms with E-state index in [1.165, 1.54) is 11.1 Å². The number of pyridine rings is 2. The molecule has 3 aliphatic rings. The quantitative estimate of drug-likeness (QED) is 0.139. The maximum atomic E-state index is 13.9. The average Bonchev–Trinajstić information content (AvgIpc) is 3.88. The number of nitrogens with zero attached hydrogens (tertiary/aromatic N) is 4. The molecule has 4 aromatic heterocycles. The number of esters is 2. The van der Waals surface area contributed by atoms with Gasteiger partial charge in [0.15, 0.2) is 0 Å². The van der Waals surface area contributed by atoms with Crippen LogP contribution >= 0.6 is 0 Å². The molecular formula is C58H48N4O6. The number of benzene rings is 6. The summed E-state index contributed by atoms with van der Waals surface area (Å²) in [6, 6.07) is 56.6. The second kappa shape index (κ2) is 18.9. The molecular weight excluding hydrogens is 849 g/mol. The van der Waals surface area contributed by atoms with E-state index in [1.807, 2.05) is 97.1 Å². The maximum Gasteiger partial charge on any atom is 0.356 e. The normalized spacial score (nSPS) is 13.4. The Morgan fingerprint density at radius 2 is 0.853 bits per heavy atom. The van der Waals surface area contributed by atoms with Gasteiger partial charge in [-0.25, -0.2) is 19.6 Å². The second-order valence-corrected chi connectivity index (χ2v) is 17.1. The number of ether oxygens (including phenoxy) is 4. The van der Waals surface area contributed by atoms with Crippen molar-refractivity contribution >= 4 is 55.6 Å². The first kappa shape index (κ1) is 42.4. The third-order valence-electron chi connectivity index (χ3n) is 12.8. The molecule has 0 unspecified atom stereocenters. The number of para-hydroxylation sites is 2. The molecule has 0 spiro atoms. The third kappa shape index (κ3) is 8.52. The summed E-state index contributed by atoms with van der Waals surface area (Å²) in [4.78, 5) is 37.9. The lowest BCUT2D eigenvalue weighted by Crippen LogP contribution is -2.13. The number of carbonyl (C=O) groups excluding carboxylic acids is 2. The Kier molecular flexibility index (Phi) is 11.8. The van der Waals surface area contributed by atoms with Crippen molar-refractivity contribution in [2.24, 2.45) is 0 Å². The van der Waals surface area contributed by atoms with Crippen LogP contribution in [0.3, 0.4) is 0 Å². The highest BCUT2D eigenvalue weighted by atomic mass is 16.7. The minimum Gasteiger partial charge on any atom is -0.461 e. The van der Waals surface area contributed by atoms with Crippen LogP contribution in [0.4, 0.5) is 0 Å². The zero-order valence-electron chi connectivity index (χ0n) is 37.5. The number of fused-ring (bicyclic) bond motifs is 8. The van der Waals surface area contributed by atoms with Crippen molar-refractivity contribution in [2.45, 2.75) is 45.2 Å². The molecule has 68 heavy (non-hydrogen) atoms. The minimum atomic E-state index is -0.561. The molecule has 13 rings (SSSR count). The zero-order chi connectivity index (χ0) is 45.8. The molecule has 0 fully saturated rings. The standard InChI is InChI=1S/C58H48N4O6/c63-57-49-36-47-45-20-7-9-22-51(45)61(32-11-18-39-14-3-1-4-15-39)55(47)53(59-49)41-24-28-43(29-25-41)67-38-68-44-30-26-42(27-31-44)54-56-48(37-50(60-54)58(64)66-35-13-34-65-57)46-21-8-10-23-52(46)62(56)33-12-19-40-16-5-2-6-17-40/h1-10,14-17,20-31,36-37H,11-13,18-19,32-35,38H2. The van der Waals surface area contributed by atoms with Crippen LogP contribution in [0.2, 0.25) is 0 Å². The second-order valence-electron chi connectivity index (χ2n) is 17.1. The van der Waals surface area contributed by atoms with E-state index in [0.29, 0.717) is 22.9 Å². The van der Waals surface area contributed by atoms with Crippen molar-refractivity contribution in [2.75, 3.05) is 20.0 Å². The van der Waals surface area contributed by atoms with Crippen molar-refractivity contribution < 1.29 is 28.5 Å². The Morgan fingerprint density at radius 1 is 0.441 bits per heavy atom. The van der Waals surface area contributed by atoms with Gasteiger partial charge in [0.2, 0.25) is 6.79 Å². The summed E-state index contributed by atoms with van der Waals surface area (Å²) in [5.41, 5.74) is 9.91. The van der Waals surface area contributed by atoms with Crippen molar-refractivity contribution in [1.29, 1.82) is 0 Å². The van der Waals surface area contributed by atoms with Crippen LogP contribution in [-0.2, 0) is 35.4 Å². The first-order valence-corrected chi connectivity index (χ1v) is 23.3. The van der Waals surface area contributed by atoms with Crippen LogP contribution < -0.4 is 9.47 Å². The summed E-state index contributed by atoms with van der Waals surface area (Å²) in [6.07, 6.45) is 3.94. The fraction of sp³-hybridized carbons (Fsp3) is 0.172. The highest BCUT2D eigenvalue weighted by Gasteiger charge is 2.24. The Hall–Kier alpha value is -8.24. The molecule has 0 N–H and O–H groups in total. The number of aryl methyl sites for hydroxylation is 4. The summed E-state index contributed by atoms with van der Waals surface area (Å²) in [5, 5.41) is 3.86. The van der Waals surface area contributed by atoms with Crippen LogP contribution in [0.15, 0.2) is 170 Å². The van der Waals surface area contributed by atoms with Gasteiger partial charge in [-0.3, -0.25) is 0 Å². The fourth-order valence-corrected chi connectivity index (χ4v) is 9.52. The lowest BCUT2D eigenvalue weighted by molar-refractivity contribution is 0.0389. The first-order valence-electron chi connectivity index (χ1n) is 23.3. The SMILES string of the molecule is O=C1OCCCOC(=O)c2cc3c4ccccc4n(CCCc4ccccc4)c3c(n2)-c2ccc(cc2)OCOc2ccc(cc2)-c2nc1cc1c3ccccc3n(CCCc3ccccc3)c21. The smallest absolute Gasteiger partial charge is 0.356 e. The highest BCUT2D eigenvalue weighted by Crippen LogP contribution is 2.39. The molecule has 0 atom stereocenters. The molecule has 0 aliphatic carbocycles. The molecule has 0 saturated heterocycles. The van der Waals surface area contributed by atoms with Crippen LogP contribution in [0.25, 0.3) is 66.1 Å². The molecule has 0 radical (unpaired) electrons. The third-order valence-corrected chi connectivity index (χ3v) is 12.8. The summed E-state index contributed by atoms with van der Waals surface area (Å²) >= 11 is 0. The molecule has 8 bridgehead atoms. The summed E-state index contributed by atoms with van der Waals surface area (Å²) in [7, 11) is 0. The molecule has 3 aliphatic heterocycles. The molecule has 0 amide bonds. The zero-order valence-corrected chi connectivity index (χ0v) is 37.5. The molecule has 6 aromatic carbocycles. The number of aromatic nitrogens is 4. The summed E-state index contributed by atoms with van der Waals surface area (Å²) in [5.74, 6) is 0.111. The van der Waals surface area contributed by atoms with Gasteiger partial charge >= 0.3 is 11.9 Å². The minimum absolute atomic E-state index is 0.0248. The van der Waals surface area contributed by atoms with E-state index in [9.17, 15) is 9.59 Å². The van der Waals surface area contributed by atoms with E-state index >= 15 is 0 Å². The van der Waals surface area contributed by atoms with Gasteiger partial charge in [0.1, 0.15) is 22.9 Å². The van der Waals surface area contributed by atoms with Crippen LogP contribution in [0, 0.1) is 0 Å². The predicted octanol–water partition coefficient (Wildman–Crippen LogP) is 12.4. The first-order chi connectivity index (χ1) is 33.6. The monoisotopic (exact) mass is 896 g/mol. The van der Waals surface area contributed by atoms with Gasteiger partial charge in [-0.1, -0.05) is 97.1 Å². The van der Waals surface area contributed by atoms with Crippen molar-refractivity contribution in [1.82, 2.24) is 19.1 Å². The number of hydrogen-bond acceptors (Lipinski definition) is 8. The van der Waals surface area contributed by atoms with E-state index in [1.54, 1.807) is 0 Å². The van der Waals surface area contributed by atoms with Crippen LogP contribution in [0.1, 0.15) is 51.4 Å². The van der Waals surface area contributed by atoms with Gasteiger partial charge in [-0.05, 0) is 110 Å². The molecule has 10 nitrogen and oxygen atoms in total. The van der Waals surface area contributed by atoms with Crippen LogP contribution in [0.5, 0.6) is 11.5 Å². The summed E-state index contributed by atoms with van der Waals surface area (Å²) in [6.45, 7) is 1.52. The van der Waals surface area contributed by atoms with Gasteiger partial charge < -0.3 is 28.1 Å². The van der Waals surface area contributed by atoms with Gasteiger partial charge in [-0.2, -0.15) is 0 Å². The number of rotatable bonds is 8. The van der Waals surface area contributed by atoms with E-state index in [0.717, 1.165) is 93.5 Å². The Labute approximate surface area is 393 Å². The Morgan fingerprint density at radius 3 is 1.29 bits per heavy atom. The molecule has 10 aromatic rings. The van der Waals surface area contributed by atoms with E-state index in [-0.39, 0.29) is 37.8 Å². The molecule has 0 saturated carbocycles. The molecule has 10 heteroatoms. The fourth-order valence-electron chi connectivity index (χ4n) is 9.52. The molecule has 7 heterocycles. The van der Waals surface area contributed by atoms with Crippen molar-refractivity contribution in [3.8, 4) is 34.0 Å². The number of hydrogen-bond donors (Lipinski definition) is 0. The van der Waals surface area contributed by atoms with Crippen molar-refractivity contribution in [3.05, 3.63) is 192 Å². The average molecular weight is 897 g/mol. The van der Waals surface area contributed by atoms with Gasteiger partial charge in [0.25, 0.3) is 0 Å². The van der Waals surface area contributed by atoms with Gasteiger partial charge in [-0.15, -0.1) is 0 Å². The predicted molar refractivity (Wildman–Crippen MR) is 266 cm³/mol. The maximum absolute atomic E-state index is 13.9. The lowest BCUT2D eigenvalue weighted by atomic mass is 10.1. The lowest BCUT2D eigenvalue weighted by Gasteiger charge is -2.14. The topological polar surface area (TPSA) is 107 Å². The highest BCUT2D eigenvalue weighted by molar-refractivity contribution is 6.15. The Bertz CT molecular complexity index is 3210. The van der Waals surface area contributed by atoms with E-state index < -0.39 is 11.9 Å². The molecule has 336 valence electrons. The largest absolute Gasteiger partial charge is 0.461 e. The van der Waals surface area contributed by atoms with Crippen molar-refractivity contribution in [3.63, 3.8) is 0 Å². The van der Waals surface area contributed by atoms with E-state index in [2.05, 4.69) is 81.9 Å². The van der Waals surface area contributed by atoms with Crippen LogP contribution in [-0.4, -0.2) is 51.0 Å². The van der Waals surface area contributed by atoms with Gasteiger partial charge in [0.05, 0.1) is 35.6 Å². The summed E-state index contributed by atoms with van der Waals surface area (Å²) < 4.78 is 28.5. The van der Waals surface area contributed by atoms with Gasteiger partial charge in [0, 0.05) is 63.2 Å². The number of carbonyl (C=O) groups is 2. The Balaban J connectivity index is 0.927.